The van der Waals surface area contributed by atoms with Crippen LogP contribution in [0.1, 0.15) is 26.2 Å². The molecule has 112 valence electrons. The maximum Gasteiger partial charge on any atom is 0.244 e. The lowest BCUT2D eigenvalue weighted by Crippen LogP contribution is -2.33. The quantitative estimate of drug-likeness (QED) is 0.841. The molecule has 1 aliphatic rings. The molecule has 2 atom stereocenters. The standard InChI is InChI=1S/C13H21N3O2S2/c1-3-19-11-7-6-10(9-11)16-20(17,18)12-5-4-8-15-13(12)14-2/h4-5,8,10-11,16H,3,6-7,9H2,1-2H3,(H,14,15). The summed E-state index contributed by atoms with van der Waals surface area (Å²) < 4.78 is 27.7. The lowest BCUT2D eigenvalue weighted by molar-refractivity contribution is 0.552. The Morgan fingerprint density at radius 1 is 1.45 bits per heavy atom. The zero-order valence-corrected chi connectivity index (χ0v) is 13.4. The van der Waals surface area contributed by atoms with Crippen molar-refractivity contribution in [2.75, 3.05) is 18.1 Å². The Hall–Kier alpha value is -0.790. The van der Waals surface area contributed by atoms with Gasteiger partial charge in [-0.15, -0.1) is 0 Å². The van der Waals surface area contributed by atoms with E-state index < -0.39 is 10.0 Å². The molecule has 0 aromatic carbocycles. The smallest absolute Gasteiger partial charge is 0.244 e. The van der Waals surface area contributed by atoms with Gasteiger partial charge >= 0.3 is 0 Å². The highest BCUT2D eigenvalue weighted by atomic mass is 32.2. The molecule has 20 heavy (non-hydrogen) atoms. The summed E-state index contributed by atoms with van der Waals surface area (Å²) in [5.41, 5.74) is 0. The lowest BCUT2D eigenvalue weighted by Gasteiger charge is -2.15. The van der Waals surface area contributed by atoms with Crippen molar-refractivity contribution >= 4 is 27.6 Å². The van der Waals surface area contributed by atoms with Crippen LogP contribution in [0.15, 0.2) is 23.2 Å². The van der Waals surface area contributed by atoms with Crippen LogP contribution < -0.4 is 10.0 Å². The molecule has 1 saturated carbocycles. The SMILES string of the molecule is CCSC1CCC(NS(=O)(=O)c2cccnc2NC)C1. The number of aromatic nitrogens is 1. The van der Waals surface area contributed by atoms with Gasteiger partial charge in [0, 0.05) is 24.5 Å². The zero-order chi connectivity index (χ0) is 14.6. The molecule has 0 bridgehead atoms. The second-order valence-corrected chi connectivity index (χ2v) is 8.07. The van der Waals surface area contributed by atoms with Crippen molar-refractivity contribution in [3.05, 3.63) is 18.3 Å². The van der Waals surface area contributed by atoms with Crippen molar-refractivity contribution in [2.24, 2.45) is 0 Å². The van der Waals surface area contributed by atoms with Crippen molar-refractivity contribution in [3.63, 3.8) is 0 Å². The van der Waals surface area contributed by atoms with Gasteiger partial charge in [-0.3, -0.25) is 0 Å². The summed E-state index contributed by atoms with van der Waals surface area (Å²) in [5, 5.41) is 3.40. The van der Waals surface area contributed by atoms with E-state index in [1.165, 1.54) is 0 Å². The second-order valence-electron chi connectivity index (χ2n) is 4.81. The lowest BCUT2D eigenvalue weighted by atomic mass is 10.3. The fourth-order valence-corrected chi connectivity index (χ4v) is 5.10. The van der Waals surface area contributed by atoms with Crippen molar-refractivity contribution in [1.29, 1.82) is 0 Å². The molecule has 0 amide bonds. The van der Waals surface area contributed by atoms with Gasteiger partial charge in [-0.1, -0.05) is 6.92 Å². The molecule has 1 aromatic heterocycles. The normalized spacial score (nSPS) is 22.9. The predicted molar refractivity (Wildman–Crippen MR) is 83.7 cm³/mol. The van der Waals surface area contributed by atoms with Crippen LogP contribution in [0.3, 0.4) is 0 Å². The first-order valence-corrected chi connectivity index (χ1v) is 9.36. The molecule has 0 radical (unpaired) electrons. The van der Waals surface area contributed by atoms with Crippen LogP contribution in [0, 0.1) is 0 Å². The van der Waals surface area contributed by atoms with Crippen molar-refractivity contribution in [3.8, 4) is 0 Å². The molecule has 2 N–H and O–H groups in total. The Labute approximate surface area is 125 Å². The Kier molecular flexibility index (Phi) is 5.29. The van der Waals surface area contributed by atoms with Gasteiger partial charge in [-0.2, -0.15) is 11.8 Å². The second kappa shape index (κ2) is 6.78. The monoisotopic (exact) mass is 315 g/mol. The maximum absolute atomic E-state index is 12.4. The van der Waals surface area contributed by atoms with Crippen LogP contribution in [0.25, 0.3) is 0 Å². The summed E-state index contributed by atoms with van der Waals surface area (Å²) in [5.74, 6) is 1.47. The summed E-state index contributed by atoms with van der Waals surface area (Å²) in [6.07, 6.45) is 4.48. The van der Waals surface area contributed by atoms with E-state index in [4.69, 9.17) is 0 Å². The van der Waals surface area contributed by atoms with E-state index in [1.807, 2.05) is 11.8 Å². The molecule has 7 heteroatoms. The minimum absolute atomic E-state index is 0.0361. The molecular formula is C13H21N3O2S2. The largest absolute Gasteiger partial charge is 0.372 e. The van der Waals surface area contributed by atoms with E-state index in [2.05, 4.69) is 21.9 Å². The van der Waals surface area contributed by atoms with E-state index in [-0.39, 0.29) is 10.9 Å². The number of rotatable bonds is 6. The van der Waals surface area contributed by atoms with Gasteiger partial charge in [-0.05, 0) is 37.1 Å². The van der Waals surface area contributed by atoms with Gasteiger partial charge in [0.05, 0.1) is 0 Å². The molecule has 2 rings (SSSR count). The van der Waals surface area contributed by atoms with Crippen LogP contribution in [0.2, 0.25) is 0 Å². The topological polar surface area (TPSA) is 71.1 Å². The van der Waals surface area contributed by atoms with Crippen LogP contribution in [-0.2, 0) is 10.0 Å². The molecule has 0 saturated heterocycles. The van der Waals surface area contributed by atoms with E-state index >= 15 is 0 Å². The third-order valence-corrected chi connectivity index (χ3v) is 6.19. The highest BCUT2D eigenvalue weighted by Gasteiger charge is 2.29. The summed E-state index contributed by atoms with van der Waals surface area (Å²) in [6, 6.07) is 3.25. The molecule has 2 unspecified atom stereocenters. The highest BCUT2D eigenvalue weighted by molar-refractivity contribution is 7.99. The van der Waals surface area contributed by atoms with E-state index in [0.29, 0.717) is 11.1 Å². The molecule has 1 aromatic rings. The Balaban J connectivity index is 2.08. The summed E-state index contributed by atoms with van der Waals surface area (Å²) in [6.45, 7) is 2.14. The number of hydrogen-bond donors (Lipinski definition) is 2. The number of pyridine rings is 1. The first-order valence-electron chi connectivity index (χ1n) is 6.83. The number of hydrogen-bond acceptors (Lipinski definition) is 5. The number of nitrogens with one attached hydrogen (secondary N) is 2. The molecule has 1 heterocycles. The fourth-order valence-electron chi connectivity index (χ4n) is 2.51. The predicted octanol–water partition coefficient (Wildman–Crippen LogP) is 2.08. The number of nitrogens with zero attached hydrogens (tertiary/aromatic N) is 1. The van der Waals surface area contributed by atoms with E-state index in [0.717, 1.165) is 25.0 Å². The van der Waals surface area contributed by atoms with Crippen molar-refractivity contribution in [1.82, 2.24) is 9.71 Å². The average molecular weight is 315 g/mol. The van der Waals surface area contributed by atoms with Gasteiger partial charge in [0.1, 0.15) is 10.7 Å². The van der Waals surface area contributed by atoms with Gasteiger partial charge in [-0.25, -0.2) is 18.1 Å². The van der Waals surface area contributed by atoms with Crippen LogP contribution in [0.5, 0.6) is 0 Å². The summed E-state index contributed by atoms with van der Waals surface area (Å²) in [4.78, 5) is 4.26. The molecule has 1 aliphatic carbocycles. The third-order valence-electron chi connectivity index (χ3n) is 3.41. The van der Waals surface area contributed by atoms with Crippen molar-refractivity contribution < 1.29 is 8.42 Å². The summed E-state index contributed by atoms with van der Waals surface area (Å²) in [7, 11) is -1.84. The molecule has 0 aliphatic heterocycles. The van der Waals surface area contributed by atoms with E-state index in [1.54, 1.807) is 25.4 Å². The Morgan fingerprint density at radius 3 is 2.95 bits per heavy atom. The highest BCUT2D eigenvalue weighted by Crippen LogP contribution is 2.31. The zero-order valence-electron chi connectivity index (χ0n) is 11.8. The van der Waals surface area contributed by atoms with Crippen LogP contribution in [0.4, 0.5) is 5.82 Å². The summed E-state index contributed by atoms with van der Waals surface area (Å²) >= 11 is 1.91. The molecular weight excluding hydrogens is 294 g/mol. The van der Waals surface area contributed by atoms with Crippen LogP contribution in [-0.4, -0.2) is 37.5 Å². The Morgan fingerprint density at radius 2 is 2.25 bits per heavy atom. The number of anilines is 1. The minimum atomic E-state index is -3.51. The maximum atomic E-state index is 12.4. The van der Waals surface area contributed by atoms with Gasteiger partial charge < -0.3 is 5.32 Å². The van der Waals surface area contributed by atoms with E-state index in [9.17, 15) is 8.42 Å². The minimum Gasteiger partial charge on any atom is -0.372 e. The first-order chi connectivity index (χ1) is 9.56. The Bertz CT molecular complexity index is 548. The third kappa shape index (κ3) is 3.65. The molecule has 5 nitrogen and oxygen atoms in total. The number of thioether (sulfide) groups is 1. The first kappa shape index (κ1) is 15.6. The van der Waals surface area contributed by atoms with Crippen LogP contribution >= 0.6 is 11.8 Å². The van der Waals surface area contributed by atoms with Gasteiger partial charge in [0.2, 0.25) is 10.0 Å². The van der Waals surface area contributed by atoms with Gasteiger partial charge in [0.15, 0.2) is 0 Å². The van der Waals surface area contributed by atoms with Gasteiger partial charge in [0.25, 0.3) is 0 Å². The van der Waals surface area contributed by atoms with Crippen molar-refractivity contribution in [2.45, 2.75) is 42.4 Å². The molecule has 1 fully saturated rings. The number of sulfonamides is 1. The molecule has 0 spiro atoms. The fraction of sp³-hybridized carbons (Fsp3) is 0.615. The average Bonchev–Trinajstić information content (AvgIpc) is 2.85.